The van der Waals surface area contributed by atoms with E-state index in [9.17, 15) is 9.59 Å². The fraction of sp³-hybridized carbons (Fsp3) is 0.882. The summed E-state index contributed by atoms with van der Waals surface area (Å²) in [4.78, 5) is 24.7. The van der Waals surface area contributed by atoms with Crippen molar-refractivity contribution >= 4 is 11.8 Å². The van der Waals surface area contributed by atoms with Crippen LogP contribution in [-0.2, 0) is 9.59 Å². The lowest BCUT2D eigenvalue weighted by Gasteiger charge is -2.24. The first-order valence-corrected chi connectivity index (χ1v) is 8.70. The number of aliphatic hydroxyl groups excluding tert-OH is 1. The minimum atomic E-state index is 0.0223. The molecule has 0 saturated carbocycles. The van der Waals surface area contributed by atoms with Crippen molar-refractivity contribution in [3.63, 3.8) is 0 Å². The number of carbonyl (C=O) groups excluding carboxylic acids is 2. The van der Waals surface area contributed by atoms with E-state index in [1.165, 1.54) is 43.4 Å². The highest BCUT2D eigenvalue weighted by Gasteiger charge is 2.24. The van der Waals surface area contributed by atoms with Crippen molar-refractivity contribution in [2.75, 3.05) is 13.2 Å². The first-order valence-electron chi connectivity index (χ1n) is 8.70. The topological polar surface area (TPSA) is 57.6 Å². The Bertz CT molecular complexity index is 288. The van der Waals surface area contributed by atoms with Gasteiger partial charge in [0.1, 0.15) is 0 Å². The van der Waals surface area contributed by atoms with Gasteiger partial charge in [0.05, 0.1) is 0 Å². The van der Waals surface area contributed by atoms with Crippen LogP contribution in [0.15, 0.2) is 0 Å². The van der Waals surface area contributed by atoms with Crippen molar-refractivity contribution in [1.82, 2.24) is 4.90 Å². The summed E-state index contributed by atoms with van der Waals surface area (Å²) in [7, 11) is 0. The second-order valence-electron chi connectivity index (χ2n) is 6.05. The van der Waals surface area contributed by atoms with Gasteiger partial charge in [0.2, 0.25) is 11.8 Å². The molecule has 1 heterocycles. The zero-order valence-corrected chi connectivity index (χ0v) is 13.3. The highest BCUT2D eigenvalue weighted by atomic mass is 16.3. The van der Waals surface area contributed by atoms with Crippen LogP contribution in [0.5, 0.6) is 0 Å². The van der Waals surface area contributed by atoms with Gasteiger partial charge in [0.15, 0.2) is 0 Å². The number of rotatable bonds is 12. The first-order chi connectivity index (χ1) is 10.3. The summed E-state index contributed by atoms with van der Waals surface area (Å²) in [5.74, 6) is 0.0447. The number of hydrogen-bond donors (Lipinski definition) is 1. The van der Waals surface area contributed by atoms with Crippen LogP contribution in [0.3, 0.4) is 0 Å². The maximum absolute atomic E-state index is 11.6. The number of nitrogens with zero attached hydrogens (tertiary/aromatic N) is 1. The lowest BCUT2D eigenvalue weighted by molar-refractivity contribution is -0.148. The van der Waals surface area contributed by atoms with Gasteiger partial charge in [-0.1, -0.05) is 51.4 Å². The fourth-order valence-corrected chi connectivity index (χ4v) is 2.85. The number of carbonyl (C=O) groups is 2. The molecule has 4 heteroatoms. The summed E-state index contributed by atoms with van der Waals surface area (Å²) in [5.41, 5.74) is 0. The molecule has 0 atom stereocenters. The van der Waals surface area contributed by atoms with Gasteiger partial charge in [0, 0.05) is 26.0 Å². The second kappa shape index (κ2) is 11.7. The normalized spacial score (nSPS) is 15.8. The van der Waals surface area contributed by atoms with Gasteiger partial charge in [-0.2, -0.15) is 0 Å². The molecule has 21 heavy (non-hydrogen) atoms. The Labute approximate surface area is 128 Å². The SMILES string of the molecule is O=C1CCCC(=O)N1CCCCCCCCCCCCO. The van der Waals surface area contributed by atoms with Crippen molar-refractivity contribution in [2.45, 2.75) is 83.5 Å². The molecule has 2 amide bonds. The quantitative estimate of drug-likeness (QED) is 0.443. The van der Waals surface area contributed by atoms with E-state index in [4.69, 9.17) is 5.11 Å². The molecule has 1 N–H and O–H groups in total. The van der Waals surface area contributed by atoms with Crippen LogP contribution in [0.1, 0.15) is 83.5 Å². The molecule has 0 aliphatic carbocycles. The fourth-order valence-electron chi connectivity index (χ4n) is 2.85. The predicted molar refractivity (Wildman–Crippen MR) is 83.8 cm³/mol. The Kier molecular flexibility index (Phi) is 10.1. The van der Waals surface area contributed by atoms with Gasteiger partial charge in [-0.25, -0.2) is 0 Å². The van der Waals surface area contributed by atoms with E-state index in [2.05, 4.69) is 0 Å². The van der Waals surface area contributed by atoms with Crippen LogP contribution >= 0.6 is 0 Å². The van der Waals surface area contributed by atoms with E-state index >= 15 is 0 Å². The summed E-state index contributed by atoms with van der Waals surface area (Å²) in [6, 6.07) is 0. The van der Waals surface area contributed by atoms with E-state index in [-0.39, 0.29) is 11.8 Å². The molecular formula is C17H31NO3. The van der Waals surface area contributed by atoms with Crippen molar-refractivity contribution in [3.8, 4) is 0 Å². The Morgan fingerprint density at radius 3 is 1.62 bits per heavy atom. The Morgan fingerprint density at radius 1 is 0.714 bits per heavy atom. The average molecular weight is 297 g/mol. The van der Waals surface area contributed by atoms with Crippen LogP contribution in [0, 0.1) is 0 Å². The largest absolute Gasteiger partial charge is 0.396 e. The molecule has 1 aliphatic rings. The molecule has 1 saturated heterocycles. The molecule has 4 nitrogen and oxygen atoms in total. The standard InChI is InChI=1S/C17H31NO3/c19-15-10-8-6-4-2-1-3-5-7-9-14-18-16(20)12-11-13-17(18)21/h19H,1-15H2. The molecule has 0 spiro atoms. The van der Waals surface area contributed by atoms with Gasteiger partial charge in [-0.05, 0) is 19.3 Å². The number of aliphatic hydroxyl groups is 1. The monoisotopic (exact) mass is 297 g/mol. The van der Waals surface area contributed by atoms with Gasteiger partial charge >= 0.3 is 0 Å². The third-order valence-corrected chi connectivity index (χ3v) is 4.17. The molecule has 0 aromatic heterocycles. The number of imide groups is 1. The molecule has 0 bridgehead atoms. The van der Waals surface area contributed by atoms with Crippen LogP contribution in [0.25, 0.3) is 0 Å². The molecule has 0 unspecified atom stereocenters. The zero-order valence-electron chi connectivity index (χ0n) is 13.3. The average Bonchev–Trinajstić information content (AvgIpc) is 2.47. The summed E-state index contributed by atoms with van der Waals surface area (Å²) in [5, 5.41) is 8.67. The Morgan fingerprint density at radius 2 is 1.14 bits per heavy atom. The van der Waals surface area contributed by atoms with Crippen LogP contribution in [-0.4, -0.2) is 35.0 Å². The molecule has 0 aromatic rings. The van der Waals surface area contributed by atoms with Gasteiger partial charge in [-0.3, -0.25) is 14.5 Å². The molecule has 0 aromatic carbocycles. The molecular weight excluding hydrogens is 266 g/mol. The van der Waals surface area contributed by atoms with E-state index in [1.807, 2.05) is 0 Å². The summed E-state index contributed by atoms with van der Waals surface area (Å²) >= 11 is 0. The number of unbranched alkanes of at least 4 members (excludes halogenated alkanes) is 9. The first kappa shape index (κ1) is 18.1. The lowest BCUT2D eigenvalue weighted by Crippen LogP contribution is -2.40. The van der Waals surface area contributed by atoms with Crippen molar-refractivity contribution in [3.05, 3.63) is 0 Å². The molecule has 1 aliphatic heterocycles. The summed E-state index contributed by atoms with van der Waals surface area (Å²) in [6.45, 7) is 0.945. The number of likely N-dealkylation sites (tertiary alicyclic amines) is 1. The minimum absolute atomic E-state index is 0.0223. The van der Waals surface area contributed by atoms with Gasteiger partial charge in [0.25, 0.3) is 0 Å². The number of amides is 2. The Hall–Kier alpha value is -0.900. The smallest absolute Gasteiger partial charge is 0.229 e. The lowest BCUT2D eigenvalue weighted by atomic mass is 10.1. The molecule has 1 fully saturated rings. The van der Waals surface area contributed by atoms with Crippen LogP contribution in [0.2, 0.25) is 0 Å². The molecule has 122 valence electrons. The predicted octanol–water partition coefficient (Wildman–Crippen LogP) is 3.42. The third-order valence-electron chi connectivity index (χ3n) is 4.17. The summed E-state index contributed by atoms with van der Waals surface area (Å²) in [6.07, 6.45) is 13.5. The third kappa shape index (κ3) is 8.20. The van der Waals surface area contributed by atoms with Crippen LogP contribution < -0.4 is 0 Å². The maximum atomic E-state index is 11.6. The zero-order chi connectivity index (χ0) is 15.3. The number of hydrogen-bond acceptors (Lipinski definition) is 3. The van der Waals surface area contributed by atoms with E-state index in [1.54, 1.807) is 0 Å². The van der Waals surface area contributed by atoms with Crippen molar-refractivity contribution in [1.29, 1.82) is 0 Å². The van der Waals surface area contributed by atoms with Crippen molar-refractivity contribution < 1.29 is 14.7 Å². The molecule has 0 radical (unpaired) electrons. The minimum Gasteiger partial charge on any atom is -0.396 e. The van der Waals surface area contributed by atoms with E-state index in [0.717, 1.165) is 32.1 Å². The summed E-state index contributed by atoms with van der Waals surface area (Å²) < 4.78 is 0. The van der Waals surface area contributed by atoms with Crippen LogP contribution in [0.4, 0.5) is 0 Å². The Balaban J connectivity index is 1.88. The maximum Gasteiger partial charge on any atom is 0.229 e. The van der Waals surface area contributed by atoms with E-state index in [0.29, 0.717) is 26.0 Å². The second-order valence-corrected chi connectivity index (χ2v) is 6.05. The van der Waals surface area contributed by atoms with Gasteiger partial charge < -0.3 is 5.11 Å². The molecule has 1 rings (SSSR count). The highest BCUT2D eigenvalue weighted by Crippen LogP contribution is 2.14. The number of piperidine rings is 1. The van der Waals surface area contributed by atoms with E-state index < -0.39 is 0 Å². The van der Waals surface area contributed by atoms with Crippen molar-refractivity contribution in [2.24, 2.45) is 0 Å². The van der Waals surface area contributed by atoms with Gasteiger partial charge in [-0.15, -0.1) is 0 Å². The highest BCUT2D eigenvalue weighted by molar-refractivity contribution is 5.97.